The van der Waals surface area contributed by atoms with Crippen LogP contribution in [0.5, 0.6) is 0 Å². The third kappa shape index (κ3) is 5.42. The molecule has 0 aliphatic carbocycles. The smallest absolute Gasteiger partial charge is 0.224 e. The van der Waals surface area contributed by atoms with Crippen molar-refractivity contribution in [3.63, 3.8) is 0 Å². The second-order valence-electron chi connectivity index (χ2n) is 8.41. The van der Waals surface area contributed by atoms with E-state index in [1.54, 1.807) is 6.20 Å². The Morgan fingerprint density at radius 2 is 2.10 bits per heavy atom. The number of nitrogens with zero attached hydrogens (tertiary/aromatic N) is 4. The maximum absolute atomic E-state index is 12.7. The van der Waals surface area contributed by atoms with Crippen molar-refractivity contribution < 1.29 is 4.79 Å². The molecular weight excluding hydrogens is 364 g/mol. The number of amides is 1. The maximum atomic E-state index is 12.7. The Hall–Kier alpha value is -2.25. The summed E-state index contributed by atoms with van der Waals surface area (Å²) in [5.74, 6) is 1.27. The zero-order chi connectivity index (χ0) is 20.1. The van der Waals surface area contributed by atoms with Gasteiger partial charge < -0.3 is 10.3 Å². The number of rotatable bonds is 6. The predicted molar refractivity (Wildman–Crippen MR) is 112 cm³/mol. The predicted octanol–water partition coefficient (Wildman–Crippen LogP) is 2.11. The van der Waals surface area contributed by atoms with Gasteiger partial charge in [-0.1, -0.05) is 6.07 Å². The molecule has 7 heteroatoms. The molecule has 2 saturated heterocycles. The maximum Gasteiger partial charge on any atom is 0.224 e. The second kappa shape index (κ2) is 9.50. The van der Waals surface area contributed by atoms with Crippen LogP contribution in [0, 0.1) is 12.8 Å². The standard InChI is InChI=1S/C22H32N6O/c1-17-24-14-20(26-17)16-27-10-6-21(7-11-27)28-9-3-5-19(15-28)22(29)25-13-18-4-2-8-23-12-18/h2,4,8,12,14,19,21H,3,5-7,9-11,13,15-16H2,1H3,(H,24,26)(H,25,29)/t19-/m1/s1. The van der Waals surface area contributed by atoms with Crippen LogP contribution in [0.1, 0.15) is 42.8 Å². The minimum atomic E-state index is 0.103. The van der Waals surface area contributed by atoms with Gasteiger partial charge in [-0.05, 0) is 50.8 Å². The van der Waals surface area contributed by atoms with E-state index in [2.05, 4.69) is 30.1 Å². The number of nitrogens with one attached hydrogen (secondary N) is 2. The lowest BCUT2D eigenvalue weighted by molar-refractivity contribution is -0.127. The van der Waals surface area contributed by atoms with E-state index in [0.29, 0.717) is 12.6 Å². The molecule has 0 radical (unpaired) electrons. The van der Waals surface area contributed by atoms with Gasteiger partial charge in [0.05, 0.1) is 5.92 Å². The molecule has 1 atom stereocenters. The molecule has 2 aliphatic heterocycles. The lowest BCUT2D eigenvalue weighted by Crippen LogP contribution is -2.50. The summed E-state index contributed by atoms with van der Waals surface area (Å²) < 4.78 is 0. The Labute approximate surface area is 172 Å². The lowest BCUT2D eigenvalue weighted by Gasteiger charge is -2.42. The molecule has 0 unspecified atom stereocenters. The molecule has 4 rings (SSSR count). The molecule has 2 aliphatic rings. The van der Waals surface area contributed by atoms with E-state index in [-0.39, 0.29) is 11.8 Å². The summed E-state index contributed by atoms with van der Waals surface area (Å²) in [6.45, 7) is 7.74. The van der Waals surface area contributed by atoms with E-state index in [0.717, 1.165) is 57.0 Å². The molecule has 4 heterocycles. The quantitative estimate of drug-likeness (QED) is 0.782. The number of pyridine rings is 1. The van der Waals surface area contributed by atoms with E-state index in [1.807, 2.05) is 31.5 Å². The number of carbonyl (C=O) groups excluding carboxylic acids is 1. The monoisotopic (exact) mass is 396 g/mol. The highest BCUT2D eigenvalue weighted by Crippen LogP contribution is 2.24. The van der Waals surface area contributed by atoms with Gasteiger partial charge in [-0.15, -0.1) is 0 Å². The minimum Gasteiger partial charge on any atom is -0.352 e. The fourth-order valence-electron chi connectivity index (χ4n) is 4.62. The first-order chi connectivity index (χ1) is 14.2. The normalized spacial score (nSPS) is 21.9. The summed E-state index contributed by atoms with van der Waals surface area (Å²) in [4.78, 5) is 29.5. The first kappa shape index (κ1) is 20.0. The third-order valence-electron chi connectivity index (χ3n) is 6.24. The number of piperidine rings is 2. The second-order valence-corrected chi connectivity index (χ2v) is 8.41. The molecule has 0 bridgehead atoms. The molecular formula is C22H32N6O. The number of aryl methyl sites for hydroxylation is 1. The Bertz CT molecular complexity index is 784. The van der Waals surface area contributed by atoms with Gasteiger partial charge in [-0.3, -0.25) is 19.6 Å². The molecule has 1 amide bonds. The lowest BCUT2D eigenvalue weighted by atomic mass is 9.93. The van der Waals surface area contributed by atoms with Gasteiger partial charge in [0.15, 0.2) is 0 Å². The molecule has 156 valence electrons. The van der Waals surface area contributed by atoms with Crippen LogP contribution in [-0.4, -0.2) is 62.9 Å². The number of hydrogen-bond acceptors (Lipinski definition) is 5. The minimum absolute atomic E-state index is 0.103. The van der Waals surface area contributed by atoms with E-state index in [1.165, 1.54) is 18.5 Å². The number of aromatic amines is 1. The Morgan fingerprint density at radius 1 is 1.24 bits per heavy atom. The highest BCUT2D eigenvalue weighted by Gasteiger charge is 2.31. The summed E-state index contributed by atoms with van der Waals surface area (Å²) in [7, 11) is 0. The molecule has 0 saturated carbocycles. The van der Waals surface area contributed by atoms with Gasteiger partial charge in [0.25, 0.3) is 0 Å². The Kier molecular flexibility index (Phi) is 6.56. The van der Waals surface area contributed by atoms with Gasteiger partial charge in [0.2, 0.25) is 5.91 Å². The summed E-state index contributed by atoms with van der Waals surface area (Å²) in [5, 5.41) is 3.11. The average Bonchev–Trinajstić information content (AvgIpc) is 3.18. The molecule has 0 spiro atoms. The highest BCUT2D eigenvalue weighted by molar-refractivity contribution is 5.78. The summed E-state index contributed by atoms with van der Waals surface area (Å²) in [6.07, 6.45) is 9.97. The van der Waals surface area contributed by atoms with Crippen molar-refractivity contribution in [2.75, 3.05) is 26.2 Å². The van der Waals surface area contributed by atoms with Crippen molar-refractivity contribution in [1.82, 2.24) is 30.1 Å². The van der Waals surface area contributed by atoms with Crippen LogP contribution in [0.2, 0.25) is 0 Å². The number of imidazole rings is 1. The number of hydrogen-bond donors (Lipinski definition) is 2. The molecule has 29 heavy (non-hydrogen) atoms. The number of carbonyl (C=O) groups is 1. The van der Waals surface area contributed by atoms with E-state index >= 15 is 0 Å². The number of likely N-dealkylation sites (tertiary alicyclic amines) is 2. The van der Waals surface area contributed by atoms with Crippen LogP contribution in [0.4, 0.5) is 0 Å². The summed E-state index contributed by atoms with van der Waals surface area (Å²) in [6, 6.07) is 4.51. The highest BCUT2D eigenvalue weighted by atomic mass is 16.1. The van der Waals surface area contributed by atoms with Gasteiger partial charge in [0, 0.05) is 63.1 Å². The van der Waals surface area contributed by atoms with Crippen LogP contribution in [-0.2, 0) is 17.9 Å². The van der Waals surface area contributed by atoms with E-state index in [9.17, 15) is 4.79 Å². The van der Waals surface area contributed by atoms with E-state index in [4.69, 9.17) is 0 Å². The van der Waals surface area contributed by atoms with E-state index < -0.39 is 0 Å². The van der Waals surface area contributed by atoms with Crippen molar-refractivity contribution in [1.29, 1.82) is 0 Å². The van der Waals surface area contributed by atoms with Crippen molar-refractivity contribution in [2.24, 2.45) is 5.92 Å². The largest absolute Gasteiger partial charge is 0.352 e. The molecule has 7 nitrogen and oxygen atoms in total. The Morgan fingerprint density at radius 3 is 2.83 bits per heavy atom. The van der Waals surface area contributed by atoms with Crippen LogP contribution in [0.15, 0.2) is 30.7 Å². The van der Waals surface area contributed by atoms with Crippen molar-refractivity contribution in [2.45, 2.75) is 51.7 Å². The van der Waals surface area contributed by atoms with Gasteiger partial charge in [-0.2, -0.15) is 0 Å². The number of aromatic nitrogens is 3. The van der Waals surface area contributed by atoms with Crippen molar-refractivity contribution in [3.05, 3.63) is 47.8 Å². The van der Waals surface area contributed by atoms with Gasteiger partial charge in [-0.25, -0.2) is 4.98 Å². The summed E-state index contributed by atoms with van der Waals surface area (Å²) in [5.41, 5.74) is 2.25. The molecule has 2 aromatic heterocycles. The molecule has 2 aromatic rings. The zero-order valence-electron chi connectivity index (χ0n) is 17.3. The first-order valence-electron chi connectivity index (χ1n) is 10.8. The van der Waals surface area contributed by atoms with Crippen molar-refractivity contribution in [3.8, 4) is 0 Å². The van der Waals surface area contributed by atoms with Crippen LogP contribution in [0.25, 0.3) is 0 Å². The van der Waals surface area contributed by atoms with Gasteiger partial charge >= 0.3 is 0 Å². The van der Waals surface area contributed by atoms with Crippen LogP contribution < -0.4 is 5.32 Å². The topological polar surface area (TPSA) is 77.2 Å². The molecule has 0 aromatic carbocycles. The zero-order valence-corrected chi connectivity index (χ0v) is 17.3. The molecule has 2 N–H and O–H groups in total. The fraction of sp³-hybridized carbons (Fsp3) is 0.591. The number of H-pyrrole nitrogens is 1. The van der Waals surface area contributed by atoms with Crippen LogP contribution in [0.3, 0.4) is 0 Å². The molecule has 2 fully saturated rings. The van der Waals surface area contributed by atoms with Crippen LogP contribution >= 0.6 is 0 Å². The SMILES string of the molecule is Cc1ncc(CN2CCC(N3CCC[C@@H](C(=O)NCc4cccnc4)C3)CC2)[nH]1. The van der Waals surface area contributed by atoms with Crippen molar-refractivity contribution >= 4 is 5.91 Å². The van der Waals surface area contributed by atoms with Gasteiger partial charge in [0.1, 0.15) is 5.82 Å². The summed E-state index contributed by atoms with van der Waals surface area (Å²) >= 11 is 0. The average molecular weight is 397 g/mol. The fourth-order valence-corrected chi connectivity index (χ4v) is 4.62. The first-order valence-corrected chi connectivity index (χ1v) is 10.8. The Balaban J connectivity index is 1.23. The third-order valence-corrected chi connectivity index (χ3v) is 6.24.